The van der Waals surface area contributed by atoms with Crippen molar-refractivity contribution >= 4 is 0 Å². The van der Waals surface area contributed by atoms with Gasteiger partial charge in [-0.05, 0) is 68.3 Å². The first-order chi connectivity index (χ1) is 12.3. The van der Waals surface area contributed by atoms with E-state index in [9.17, 15) is 0 Å². The summed E-state index contributed by atoms with van der Waals surface area (Å²) in [6, 6.07) is 5.25. The minimum atomic E-state index is 0.473. The van der Waals surface area contributed by atoms with Crippen LogP contribution in [0.3, 0.4) is 0 Å². The molecule has 1 N–H and O–H groups in total. The van der Waals surface area contributed by atoms with Gasteiger partial charge < -0.3 is 5.32 Å². The van der Waals surface area contributed by atoms with Gasteiger partial charge in [-0.3, -0.25) is 9.88 Å². The number of nitrogens with one attached hydrogen (secondary N) is 1. The Balaban J connectivity index is 1.61. The van der Waals surface area contributed by atoms with E-state index in [1.807, 2.05) is 24.5 Å². The van der Waals surface area contributed by atoms with Crippen LogP contribution in [0, 0.1) is 0 Å². The molecule has 2 unspecified atom stereocenters. The summed E-state index contributed by atoms with van der Waals surface area (Å²) < 4.78 is 0. The Kier molecular flexibility index (Phi) is 6.60. The maximum absolute atomic E-state index is 4.25. The average molecular weight is 338 g/mol. The smallest absolute Gasteiger partial charge is 0.0325 e. The Hall–Kier alpha value is -1.71. The van der Waals surface area contributed by atoms with Crippen molar-refractivity contribution in [3.63, 3.8) is 0 Å². The van der Waals surface area contributed by atoms with Crippen molar-refractivity contribution in [3.8, 4) is 0 Å². The molecule has 0 spiro atoms. The second-order valence-electron chi connectivity index (χ2n) is 7.22. The topological polar surface area (TPSA) is 28.2 Å². The van der Waals surface area contributed by atoms with Crippen molar-refractivity contribution in [2.75, 3.05) is 13.1 Å². The predicted molar refractivity (Wildman–Crippen MR) is 105 cm³/mol. The molecule has 0 bridgehead atoms. The molecule has 1 saturated carbocycles. The molecule has 0 radical (unpaired) electrons. The van der Waals surface area contributed by atoms with Crippen molar-refractivity contribution in [1.29, 1.82) is 0 Å². The summed E-state index contributed by atoms with van der Waals surface area (Å²) in [5.74, 6) is 0. The van der Waals surface area contributed by atoms with Crippen molar-refractivity contribution in [3.05, 3.63) is 66.0 Å². The first-order valence-electron chi connectivity index (χ1n) is 9.65. The lowest BCUT2D eigenvalue weighted by Gasteiger charge is -2.37. The fraction of sp³-hybridized carbons (Fsp3) is 0.500. The summed E-state index contributed by atoms with van der Waals surface area (Å²) in [6.45, 7) is 9.39. The number of aromatic nitrogens is 1. The minimum absolute atomic E-state index is 0.473. The highest BCUT2D eigenvalue weighted by Crippen LogP contribution is 2.30. The summed E-state index contributed by atoms with van der Waals surface area (Å²) in [5, 5.41) is 3.96. The molecule has 1 aromatic rings. The zero-order valence-corrected chi connectivity index (χ0v) is 15.5. The van der Waals surface area contributed by atoms with Crippen molar-refractivity contribution < 1.29 is 0 Å². The summed E-state index contributed by atoms with van der Waals surface area (Å²) in [6.07, 6.45) is 16.5. The molecular weight excluding hydrogens is 306 g/mol. The Bertz CT molecular complexity index is 617. The highest BCUT2D eigenvalue weighted by atomic mass is 15.2. The van der Waals surface area contributed by atoms with Gasteiger partial charge in [0.05, 0.1) is 0 Å². The summed E-state index contributed by atoms with van der Waals surface area (Å²) >= 11 is 0. The van der Waals surface area contributed by atoms with E-state index >= 15 is 0 Å². The Morgan fingerprint density at radius 1 is 1.36 bits per heavy atom. The van der Waals surface area contributed by atoms with E-state index in [-0.39, 0.29) is 0 Å². The van der Waals surface area contributed by atoms with E-state index in [4.69, 9.17) is 0 Å². The molecule has 3 heteroatoms. The summed E-state index contributed by atoms with van der Waals surface area (Å²) in [7, 11) is 0. The average Bonchev–Trinajstić information content (AvgIpc) is 2.64. The highest BCUT2D eigenvalue weighted by Gasteiger charge is 2.27. The Morgan fingerprint density at radius 3 is 3.04 bits per heavy atom. The molecule has 1 saturated heterocycles. The van der Waals surface area contributed by atoms with E-state index in [2.05, 4.69) is 46.9 Å². The van der Waals surface area contributed by atoms with Gasteiger partial charge in [-0.15, -0.1) is 0 Å². The van der Waals surface area contributed by atoms with Crippen LogP contribution in [0.15, 0.2) is 60.5 Å². The first-order valence-corrected chi connectivity index (χ1v) is 9.65. The molecule has 2 atom stereocenters. The number of likely N-dealkylation sites (tertiary alicyclic amines) is 1. The normalized spacial score (nSPS) is 28.4. The van der Waals surface area contributed by atoms with Crippen molar-refractivity contribution in [2.24, 2.45) is 0 Å². The third kappa shape index (κ3) is 4.90. The van der Waals surface area contributed by atoms with Crippen LogP contribution in [0.4, 0.5) is 0 Å². The third-order valence-corrected chi connectivity index (χ3v) is 5.40. The third-order valence-electron chi connectivity index (χ3n) is 5.40. The fourth-order valence-electron chi connectivity index (χ4n) is 4.22. The van der Waals surface area contributed by atoms with Crippen molar-refractivity contribution in [2.45, 2.75) is 57.7 Å². The molecule has 0 amide bonds. The van der Waals surface area contributed by atoms with Crippen LogP contribution in [0.5, 0.6) is 0 Å². The quantitative estimate of drug-likeness (QED) is 0.871. The number of nitrogens with zero attached hydrogens (tertiary/aromatic N) is 2. The minimum Gasteiger partial charge on any atom is -0.306 e. The summed E-state index contributed by atoms with van der Waals surface area (Å²) in [5.41, 5.74) is 4.25. The van der Waals surface area contributed by atoms with E-state index < -0.39 is 0 Å². The van der Waals surface area contributed by atoms with Gasteiger partial charge in [0.15, 0.2) is 0 Å². The van der Waals surface area contributed by atoms with Gasteiger partial charge in [-0.1, -0.05) is 30.9 Å². The molecule has 1 aliphatic carbocycles. The molecule has 1 aromatic heterocycles. The van der Waals surface area contributed by atoms with Gasteiger partial charge >= 0.3 is 0 Å². The molecular formula is C22H31N3. The Morgan fingerprint density at radius 2 is 2.28 bits per heavy atom. The maximum atomic E-state index is 4.25. The molecule has 3 rings (SSSR count). The first kappa shape index (κ1) is 18.1. The van der Waals surface area contributed by atoms with E-state index in [1.165, 1.54) is 55.4 Å². The zero-order valence-electron chi connectivity index (χ0n) is 15.5. The standard InChI is InChI=1S/C22H31N3/c1-3-8-21-19(4-2)10-5-12-22(21)24-20-11-7-14-25(17-20)16-18-9-6-13-23-15-18/h3-4,6,8-9,13,15,20,22,24H,1,5,7,10-12,14,16-17H2,2H3/b19-4-,21-8+. The number of allylic oxidation sites excluding steroid dienone is 3. The second-order valence-corrected chi connectivity index (χ2v) is 7.22. The second kappa shape index (κ2) is 9.12. The van der Waals surface area contributed by atoms with Gasteiger partial charge in [0.2, 0.25) is 0 Å². The van der Waals surface area contributed by atoms with E-state index in [1.54, 1.807) is 0 Å². The van der Waals surface area contributed by atoms with Gasteiger partial charge in [-0.2, -0.15) is 0 Å². The molecule has 2 aliphatic rings. The number of pyridine rings is 1. The lowest BCUT2D eigenvalue weighted by molar-refractivity contribution is 0.176. The Labute approximate surface area is 152 Å². The van der Waals surface area contributed by atoms with Crippen LogP contribution in [0.25, 0.3) is 0 Å². The van der Waals surface area contributed by atoms with Gasteiger partial charge in [-0.25, -0.2) is 0 Å². The van der Waals surface area contributed by atoms with E-state index in [0.717, 1.165) is 13.1 Å². The van der Waals surface area contributed by atoms with Crippen LogP contribution in [-0.4, -0.2) is 35.1 Å². The summed E-state index contributed by atoms with van der Waals surface area (Å²) in [4.78, 5) is 6.81. The molecule has 25 heavy (non-hydrogen) atoms. The van der Waals surface area contributed by atoms with Crippen LogP contribution < -0.4 is 5.32 Å². The molecule has 0 aromatic carbocycles. The van der Waals surface area contributed by atoms with Gasteiger partial charge in [0.1, 0.15) is 0 Å². The van der Waals surface area contributed by atoms with Gasteiger partial charge in [0, 0.05) is 37.6 Å². The molecule has 2 heterocycles. The number of piperidine rings is 1. The van der Waals surface area contributed by atoms with E-state index in [0.29, 0.717) is 12.1 Å². The lowest BCUT2D eigenvalue weighted by atomic mass is 9.84. The molecule has 134 valence electrons. The SMILES string of the molecule is C=C/C=C1\C(=C/C)CCCC1NC1CCCN(Cc2cccnc2)C1. The molecule has 3 nitrogen and oxygen atoms in total. The van der Waals surface area contributed by atoms with Crippen LogP contribution in [-0.2, 0) is 6.54 Å². The molecule has 1 aliphatic heterocycles. The fourth-order valence-corrected chi connectivity index (χ4v) is 4.22. The van der Waals surface area contributed by atoms with Crippen LogP contribution >= 0.6 is 0 Å². The zero-order chi connectivity index (χ0) is 17.5. The number of hydrogen-bond donors (Lipinski definition) is 1. The van der Waals surface area contributed by atoms with Gasteiger partial charge in [0.25, 0.3) is 0 Å². The number of hydrogen-bond acceptors (Lipinski definition) is 3. The highest BCUT2D eigenvalue weighted by molar-refractivity contribution is 5.39. The van der Waals surface area contributed by atoms with Crippen LogP contribution in [0.2, 0.25) is 0 Å². The number of rotatable bonds is 5. The lowest BCUT2D eigenvalue weighted by Crippen LogP contribution is -2.50. The van der Waals surface area contributed by atoms with Crippen LogP contribution in [0.1, 0.15) is 44.6 Å². The molecule has 2 fully saturated rings. The largest absolute Gasteiger partial charge is 0.306 e. The maximum Gasteiger partial charge on any atom is 0.0325 e. The van der Waals surface area contributed by atoms with Crippen molar-refractivity contribution in [1.82, 2.24) is 15.2 Å². The monoisotopic (exact) mass is 337 g/mol. The predicted octanol–water partition coefficient (Wildman–Crippen LogP) is 4.25.